The van der Waals surface area contributed by atoms with Crippen LogP contribution in [0.2, 0.25) is 0 Å². The van der Waals surface area contributed by atoms with Crippen molar-refractivity contribution in [1.29, 1.82) is 0 Å². The third-order valence-corrected chi connectivity index (χ3v) is 5.59. The first kappa shape index (κ1) is 23.3. The third-order valence-electron chi connectivity index (χ3n) is 4.19. The number of sulfone groups is 1. The van der Waals surface area contributed by atoms with Crippen LogP contribution in [0.4, 0.5) is 8.78 Å². The van der Waals surface area contributed by atoms with Crippen LogP contribution >= 0.6 is 12.4 Å². The Bertz CT molecular complexity index is 759. The van der Waals surface area contributed by atoms with E-state index in [1.807, 2.05) is 0 Å². The van der Waals surface area contributed by atoms with Gasteiger partial charge in [-0.15, -0.1) is 12.4 Å². The zero-order valence-electron chi connectivity index (χ0n) is 14.4. The molecule has 2 rings (SSSR count). The molecular weight excluding hydrogens is 404 g/mol. The molecule has 1 aromatic rings. The molecule has 27 heavy (non-hydrogen) atoms. The standard InChI is InChI=1S/C16H21F2N3O4S.ClH/c17-16(18)26(24,25)13-5-3-11(4-6-13)15(23)21-9-1-2-12(10-21)14(22)20-8-7-19;/h3-6,12,16H,1-2,7-10,19H2,(H,20,22);1H. The molecule has 0 aromatic heterocycles. The van der Waals surface area contributed by atoms with E-state index in [1.54, 1.807) is 0 Å². The second-order valence-electron chi connectivity index (χ2n) is 6.00. The van der Waals surface area contributed by atoms with Crippen LogP contribution in [0.25, 0.3) is 0 Å². The minimum atomic E-state index is -4.69. The maximum Gasteiger partial charge on any atom is 0.341 e. The monoisotopic (exact) mass is 425 g/mol. The summed E-state index contributed by atoms with van der Waals surface area (Å²) in [5.74, 6) is -4.38. The van der Waals surface area contributed by atoms with Crippen LogP contribution in [-0.4, -0.2) is 57.1 Å². The van der Waals surface area contributed by atoms with Gasteiger partial charge in [-0.2, -0.15) is 8.78 Å². The van der Waals surface area contributed by atoms with Gasteiger partial charge in [0, 0.05) is 31.7 Å². The normalized spacial score (nSPS) is 17.3. The SMILES string of the molecule is Cl.NCCNC(=O)C1CCCN(C(=O)c2ccc(S(=O)(=O)C(F)F)cc2)C1. The highest BCUT2D eigenvalue weighted by molar-refractivity contribution is 7.91. The number of benzene rings is 1. The maximum atomic E-state index is 12.6. The number of hydrogen-bond donors (Lipinski definition) is 2. The molecule has 1 unspecified atom stereocenters. The molecule has 1 saturated heterocycles. The number of alkyl halides is 2. The molecule has 1 aliphatic heterocycles. The molecule has 2 amide bonds. The van der Waals surface area contributed by atoms with Gasteiger partial charge in [-0.25, -0.2) is 8.42 Å². The van der Waals surface area contributed by atoms with Crippen molar-refractivity contribution in [2.45, 2.75) is 23.5 Å². The largest absolute Gasteiger partial charge is 0.355 e. The van der Waals surface area contributed by atoms with E-state index in [4.69, 9.17) is 5.73 Å². The Morgan fingerprint density at radius 3 is 2.44 bits per heavy atom. The predicted molar refractivity (Wildman–Crippen MR) is 97.6 cm³/mol. The van der Waals surface area contributed by atoms with Crippen molar-refractivity contribution in [2.75, 3.05) is 26.2 Å². The number of halogens is 3. The Labute approximate surface area is 162 Å². The quantitative estimate of drug-likeness (QED) is 0.707. The van der Waals surface area contributed by atoms with Gasteiger partial charge >= 0.3 is 5.76 Å². The van der Waals surface area contributed by atoms with Gasteiger partial charge in [-0.1, -0.05) is 0 Å². The molecule has 0 spiro atoms. The molecule has 0 aliphatic carbocycles. The summed E-state index contributed by atoms with van der Waals surface area (Å²) in [7, 11) is -4.69. The summed E-state index contributed by atoms with van der Waals surface area (Å²) in [6.45, 7) is 1.40. The van der Waals surface area contributed by atoms with Crippen LogP contribution in [0.3, 0.4) is 0 Å². The second kappa shape index (κ2) is 9.95. The first-order chi connectivity index (χ1) is 12.3. The fourth-order valence-corrected chi connectivity index (χ4v) is 3.51. The number of nitrogens with two attached hydrogens (primary N) is 1. The second-order valence-corrected chi connectivity index (χ2v) is 7.92. The van der Waals surface area contributed by atoms with Crippen molar-refractivity contribution >= 4 is 34.1 Å². The molecule has 3 N–H and O–H groups in total. The lowest BCUT2D eigenvalue weighted by molar-refractivity contribution is -0.126. The van der Waals surface area contributed by atoms with Gasteiger partial charge in [0.2, 0.25) is 15.7 Å². The summed E-state index contributed by atoms with van der Waals surface area (Å²) in [6, 6.07) is 4.39. The van der Waals surface area contributed by atoms with E-state index in [0.29, 0.717) is 32.5 Å². The molecule has 0 radical (unpaired) electrons. The van der Waals surface area contributed by atoms with Gasteiger partial charge in [-0.3, -0.25) is 9.59 Å². The van der Waals surface area contributed by atoms with Crippen LogP contribution in [0.1, 0.15) is 23.2 Å². The maximum absolute atomic E-state index is 12.6. The molecule has 1 aromatic carbocycles. The Hall–Kier alpha value is -1.78. The van der Waals surface area contributed by atoms with Crippen LogP contribution in [0.5, 0.6) is 0 Å². The van der Waals surface area contributed by atoms with Gasteiger partial charge in [-0.05, 0) is 37.1 Å². The molecule has 1 heterocycles. The van der Waals surface area contributed by atoms with E-state index in [9.17, 15) is 26.8 Å². The molecule has 7 nitrogen and oxygen atoms in total. The third kappa shape index (κ3) is 5.60. The van der Waals surface area contributed by atoms with Gasteiger partial charge in [0.25, 0.3) is 5.91 Å². The van der Waals surface area contributed by atoms with Gasteiger partial charge < -0.3 is 16.0 Å². The molecule has 1 aliphatic rings. The van der Waals surface area contributed by atoms with Crippen molar-refractivity contribution in [3.8, 4) is 0 Å². The number of piperidine rings is 1. The van der Waals surface area contributed by atoms with Crippen LogP contribution < -0.4 is 11.1 Å². The first-order valence-corrected chi connectivity index (χ1v) is 9.71. The van der Waals surface area contributed by atoms with E-state index in [2.05, 4.69) is 5.32 Å². The minimum Gasteiger partial charge on any atom is -0.355 e. The highest BCUT2D eigenvalue weighted by Crippen LogP contribution is 2.21. The summed E-state index contributed by atoms with van der Waals surface area (Å²) >= 11 is 0. The van der Waals surface area contributed by atoms with E-state index in [0.717, 1.165) is 12.1 Å². The number of carbonyl (C=O) groups is 2. The average molecular weight is 426 g/mol. The lowest BCUT2D eigenvalue weighted by Crippen LogP contribution is -2.46. The van der Waals surface area contributed by atoms with Crippen molar-refractivity contribution < 1.29 is 26.8 Å². The van der Waals surface area contributed by atoms with Crippen LogP contribution in [0.15, 0.2) is 29.2 Å². The number of nitrogens with one attached hydrogen (secondary N) is 1. The van der Waals surface area contributed by atoms with Crippen molar-refractivity contribution in [3.63, 3.8) is 0 Å². The van der Waals surface area contributed by atoms with E-state index in [-0.39, 0.29) is 42.2 Å². The summed E-state index contributed by atoms with van der Waals surface area (Å²) in [6.07, 6.45) is 1.32. The highest BCUT2D eigenvalue weighted by Gasteiger charge is 2.30. The first-order valence-electron chi connectivity index (χ1n) is 8.16. The Morgan fingerprint density at radius 1 is 1.26 bits per heavy atom. The van der Waals surface area contributed by atoms with Gasteiger partial charge in [0.1, 0.15) is 0 Å². The molecule has 1 fully saturated rings. The van der Waals surface area contributed by atoms with Crippen molar-refractivity contribution in [2.24, 2.45) is 11.7 Å². The number of likely N-dealkylation sites (tertiary alicyclic amines) is 1. The number of amides is 2. The molecular formula is C16H22ClF2N3O4S. The fourth-order valence-electron chi connectivity index (χ4n) is 2.79. The van der Waals surface area contributed by atoms with Gasteiger partial charge in [0.05, 0.1) is 10.8 Å². The van der Waals surface area contributed by atoms with E-state index in [1.165, 1.54) is 17.0 Å². The molecule has 11 heteroatoms. The molecule has 1 atom stereocenters. The zero-order chi connectivity index (χ0) is 19.3. The lowest BCUT2D eigenvalue weighted by Gasteiger charge is -2.32. The summed E-state index contributed by atoms with van der Waals surface area (Å²) in [5, 5.41) is 2.70. The van der Waals surface area contributed by atoms with Crippen LogP contribution in [0, 0.1) is 5.92 Å². The molecule has 0 saturated carbocycles. The Balaban J connectivity index is 0.00000364. The predicted octanol–water partition coefficient (Wildman–Crippen LogP) is 1.03. The van der Waals surface area contributed by atoms with Crippen molar-refractivity contribution in [3.05, 3.63) is 29.8 Å². The number of carbonyl (C=O) groups excluding carboxylic acids is 2. The Morgan fingerprint density at radius 2 is 1.89 bits per heavy atom. The fraction of sp³-hybridized carbons (Fsp3) is 0.500. The highest BCUT2D eigenvalue weighted by atomic mass is 35.5. The van der Waals surface area contributed by atoms with Crippen LogP contribution in [-0.2, 0) is 14.6 Å². The van der Waals surface area contributed by atoms with Gasteiger partial charge in [0.15, 0.2) is 0 Å². The average Bonchev–Trinajstić information content (AvgIpc) is 2.65. The summed E-state index contributed by atoms with van der Waals surface area (Å²) < 4.78 is 47.9. The smallest absolute Gasteiger partial charge is 0.341 e. The summed E-state index contributed by atoms with van der Waals surface area (Å²) in [4.78, 5) is 25.6. The molecule has 0 bridgehead atoms. The topological polar surface area (TPSA) is 110 Å². The number of nitrogens with zero attached hydrogens (tertiary/aromatic N) is 1. The Kier molecular flexibility index (Phi) is 8.58. The van der Waals surface area contributed by atoms with Crippen molar-refractivity contribution in [1.82, 2.24) is 10.2 Å². The van der Waals surface area contributed by atoms with E-state index >= 15 is 0 Å². The lowest BCUT2D eigenvalue weighted by atomic mass is 9.96. The molecule has 152 valence electrons. The van der Waals surface area contributed by atoms with E-state index < -0.39 is 20.5 Å². The summed E-state index contributed by atoms with van der Waals surface area (Å²) in [5.41, 5.74) is 5.53. The number of hydrogen-bond acceptors (Lipinski definition) is 5. The zero-order valence-corrected chi connectivity index (χ0v) is 16.1. The number of rotatable bonds is 6. The minimum absolute atomic E-state index is 0.